The molecule has 0 saturated heterocycles. The molecule has 0 atom stereocenters. The normalized spacial score (nSPS) is 11.1. The van der Waals surface area contributed by atoms with Gasteiger partial charge in [0.1, 0.15) is 6.33 Å². The molecule has 0 amide bonds. The molecule has 4 heteroatoms. The van der Waals surface area contributed by atoms with E-state index in [0.717, 1.165) is 21.1 Å². The number of benzene rings is 1. The number of thiazole rings is 1. The summed E-state index contributed by atoms with van der Waals surface area (Å²) in [5.41, 5.74) is 3.84. The van der Waals surface area contributed by atoms with E-state index in [1.54, 1.807) is 17.7 Å². The Kier molecular flexibility index (Phi) is 1.31. The minimum Gasteiger partial charge on any atom is -0.245 e. The first-order valence-electron chi connectivity index (χ1n) is 3.87. The van der Waals surface area contributed by atoms with Crippen molar-refractivity contribution in [2.45, 2.75) is 0 Å². The second-order valence-electron chi connectivity index (χ2n) is 2.72. The molecule has 0 saturated carbocycles. The average Bonchev–Trinajstić information content (AvgIpc) is 2.65. The Labute approximate surface area is 78.1 Å². The quantitative estimate of drug-likeness (QED) is 0.541. The number of hydrogen-bond acceptors (Lipinski definition) is 4. The number of nitrogens with zero attached hydrogens (tertiary/aromatic N) is 3. The van der Waals surface area contributed by atoms with E-state index in [-0.39, 0.29) is 0 Å². The molecule has 0 aliphatic carbocycles. The molecule has 1 aromatic carbocycles. The van der Waals surface area contributed by atoms with Gasteiger partial charge in [-0.1, -0.05) is 0 Å². The summed E-state index contributed by atoms with van der Waals surface area (Å²) in [4.78, 5) is 12.4. The number of aromatic nitrogens is 3. The predicted molar refractivity (Wildman–Crippen MR) is 52.7 cm³/mol. The Balaban J connectivity index is 2.65. The van der Waals surface area contributed by atoms with Crippen molar-refractivity contribution in [1.29, 1.82) is 0 Å². The maximum Gasteiger partial charge on any atom is 0.116 e. The molecule has 0 aliphatic heterocycles. The minimum absolute atomic E-state index is 0.978. The van der Waals surface area contributed by atoms with Crippen LogP contribution in [0.5, 0.6) is 0 Å². The van der Waals surface area contributed by atoms with E-state index in [2.05, 4.69) is 15.0 Å². The first kappa shape index (κ1) is 6.91. The van der Waals surface area contributed by atoms with Crippen molar-refractivity contribution in [3.05, 3.63) is 30.2 Å². The molecule has 3 rings (SSSR count). The molecule has 0 aliphatic rings. The summed E-state index contributed by atoms with van der Waals surface area (Å²) in [6.07, 6.45) is 3.40. The third-order valence-electron chi connectivity index (χ3n) is 1.98. The Morgan fingerprint density at radius 1 is 1.08 bits per heavy atom. The Hall–Kier alpha value is -1.55. The summed E-state index contributed by atoms with van der Waals surface area (Å²) < 4.78 is 1.16. The summed E-state index contributed by atoms with van der Waals surface area (Å²) in [6.45, 7) is 0. The van der Waals surface area contributed by atoms with Crippen molar-refractivity contribution in [1.82, 2.24) is 15.0 Å². The molecule has 0 spiro atoms. The van der Waals surface area contributed by atoms with E-state index in [1.807, 2.05) is 23.8 Å². The lowest BCUT2D eigenvalue weighted by molar-refractivity contribution is 1.23. The highest BCUT2D eigenvalue weighted by Crippen LogP contribution is 2.25. The van der Waals surface area contributed by atoms with Crippen LogP contribution in [0, 0.1) is 0 Å². The molecular formula is C9H5N3S. The van der Waals surface area contributed by atoms with Gasteiger partial charge in [0.2, 0.25) is 0 Å². The molecule has 62 valence electrons. The van der Waals surface area contributed by atoms with Crippen LogP contribution in [0.15, 0.2) is 30.2 Å². The highest BCUT2D eigenvalue weighted by molar-refractivity contribution is 7.17. The molecule has 3 nitrogen and oxygen atoms in total. The fourth-order valence-electron chi connectivity index (χ4n) is 1.38. The van der Waals surface area contributed by atoms with E-state index in [9.17, 15) is 0 Å². The van der Waals surface area contributed by atoms with Gasteiger partial charge >= 0.3 is 0 Å². The van der Waals surface area contributed by atoms with Crippen LogP contribution in [0.2, 0.25) is 0 Å². The average molecular weight is 187 g/mol. The van der Waals surface area contributed by atoms with Crippen LogP contribution in [0.25, 0.3) is 21.1 Å². The maximum absolute atomic E-state index is 4.23. The molecule has 3 aromatic rings. The van der Waals surface area contributed by atoms with Gasteiger partial charge in [0.15, 0.2) is 0 Å². The third-order valence-corrected chi connectivity index (χ3v) is 2.86. The summed E-state index contributed by atoms with van der Waals surface area (Å²) in [5.74, 6) is 0. The molecule has 2 heterocycles. The molecule has 0 bridgehead atoms. The van der Waals surface area contributed by atoms with Crippen LogP contribution in [0.3, 0.4) is 0 Å². The Morgan fingerprint density at radius 2 is 2.00 bits per heavy atom. The largest absolute Gasteiger partial charge is 0.245 e. The second-order valence-corrected chi connectivity index (χ2v) is 3.58. The summed E-state index contributed by atoms with van der Waals surface area (Å²) in [5, 5.41) is 1.09. The molecule has 0 unspecified atom stereocenters. The lowest BCUT2D eigenvalue weighted by atomic mass is 10.2. The predicted octanol–water partition coefficient (Wildman–Crippen LogP) is 2.24. The SMILES string of the molecule is c1ncc2c(ccc3ncsc32)n1. The Bertz CT molecular complexity index is 573. The molecular weight excluding hydrogens is 182 g/mol. The van der Waals surface area contributed by atoms with Crippen LogP contribution < -0.4 is 0 Å². The summed E-state index contributed by atoms with van der Waals surface area (Å²) in [7, 11) is 0. The van der Waals surface area contributed by atoms with E-state index < -0.39 is 0 Å². The monoisotopic (exact) mass is 187 g/mol. The van der Waals surface area contributed by atoms with Gasteiger partial charge in [-0.15, -0.1) is 11.3 Å². The lowest BCUT2D eigenvalue weighted by Crippen LogP contribution is -1.80. The van der Waals surface area contributed by atoms with Crippen LogP contribution in [-0.2, 0) is 0 Å². The van der Waals surface area contributed by atoms with Crippen molar-refractivity contribution in [2.24, 2.45) is 0 Å². The maximum atomic E-state index is 4.23. The van der Waals surface area contributed by atoms with Crippen LogP contribution in [-0.4, -0.2) is 15.0 Å². The van der Waals surface area contributed by atoms with E-state index in [1.165, 1.54) is 0 Å². The summed E-state index contributed by atoms with van der Waals surface area (Å²) in [6, 6.07) is 3.96. The third kappa shape index (κ3) is 0.922. The molecule has 0 radical (unpaired) electrons. The molecule has 0 N–H and O–H groups in total. The van der Waals surface area contributed by atoms with Gasteiger partial charge in [-0.3, -0.25) is 0 Å². The highest BCUT2D eigenvalue weighted by atomic mass is 32.1. The van der Waals surface area contributed by atoms with Crippen molar-refractivity contribution in [2.75, 3.05) is 0 Å². The first-order chi connectivity index (χ1) is 6.45. The second kappa shape index (κ2) is 2.47. The van der Waals surface area contributed by atoms with Crippen LogP contribution >= 0.6 is 11.3 Å². The van der Waals surface area contributed by atoms with Crippen LogP contribution in [0.1, 0.15) is 0 Å². The summed E-state index contributed by atoms with van der Waals surface area (Å²) >= 11 is 1.63. The first-order valence-corrected chi connectivity index (χ1v) is 4.75. The van der Waals surface area contributed by atoms with E-state index in [4.69, 9.17) is 0 Å². The van der Waals surface area contributed by atoms with Gasteiger partial charge in [-0.25, -0.2) is 15.0 Å². The van der Waals surface area contributed by atoms with Gasteiger partial charge in [-0.05, 0) is 12.1 Å². The molecule has 13 heavy (non-hydrogen) atoms. The minimum atomic E-state index is 0.978. The highest BCUT2D eigenvalue weighted by Gasteiger charge is 2.02. The smallest absolute Gasteiger partial charge is 0.116 e. The van der Waals surface area contributed by atoms with Gasteiger partial charge < -0.3 is 0 Å². The van der Waals surface area contributed by atoms with Crippen molar-refractivity contribution < 1.29 is 0 Å². The van der Waals surface area contributed by atoms with Gasteiger partial charge in [-0.2, -0.15) is 0 Å². The van der Waals surface area contributed by atoms with E-state index >= 15 is 0 Å². The van der Waals surface area contributed by atoms with Gasteiger partial charge in [0.25, 0.3) is 0 Å². The fraction of sp³-hybridized carbons (Fsp3) is 0. The fourth-order valence-corrected chi connectivity index (χ4v) is 2.18. The topological polar surface area (TPSA) is 38.7 Å². The van der Waals surface area contributed by atoms with Crippen molar-refractivity contribution in [3.8, 4) is 0 Å². The van der Waals surface area contributed by atoms with Crippen LogP contribution in [0.4, 0.5) is 0 Å². The van der Waals surface area contributed by atoms with Crippen molar-refractivity contribution in [3.63, 3.8) is 0 Å². The zero-order chi connectivity index (χ0) is 8.67. The zero-order valence-corrected chi connectivity index (χ0v) is 7.45. The Morgan fingerprint density at radius 3 is 3.00 bits per heavy atom. The number of fused-ring (bicyclic) bond motifs is 3. The number of rotatable bonds is 0. The van der Waals surface area contributed by atoms with Gasteiger partial charge in [0, 0.05) is 11.6 Å². The molecule has 0 fully saturated rings. The molecule has 2 aromatic heterocycles. The lowest BCUT2D eigenvalue weighted by Gasteiger charge is -1.94. The van der Waals surface area contributed by atoms with Crippen molar-refractivity contribution >= 4 is 32.5 Å². The standard InChI is InChI=1S/C9H5N3S/c1-2-8-9(13-5-12-8)6-3-10-4-11-7(1)6/h1-5H. The number of hydrogen-bond donors (Lipinski definition) is 0. The van der Waals surface area contributed by atoms with Gasteiger partial charge in [0.05, 0.1) is 21.2 Å². The zero-order valence-electron chi connectivity index (χ0n) is 6.64. The van der Waals surface area contributed by atoms with E-state index in [0.29, 0.717) is 0 Å².